The molecule has 0 aliphatic carbocycles. The summed E-state index contributed by atoms with van der Waals surface area (Å²) >= 11 is 0. The maximum absolute atomic E-state index is 7.48. The van der Waals surface area contributed by atoms with E-state index in [1.807, 2.05) is 73.8 Å². The van der Waals surface area contributed by atoms with Gasteiger partial charge in [-0.2, -0.15) is 0 Å². The van der Waals surface area contributed by atoms with Crippen LogP contribution in [0.2, 0.25) is 0 Å². The zero-order valence-corrected chi connectivity index (χ0v) is 16.3. The molecule has 0 unspecified atom stereocenters. The first kappa shape index (κ1) is 19.9. The molecule has 7 nitrogen and oxygen atoms in total. The molecule has 3 aromatic rings. The van der Waals surface area contributed by atoms with E-state index in [0.717, 1.165) is 22.8 Å². The lowest BCUT2D eigenvalue weighted by atomic mass is 10.2. The SMILES string of the molecule is CN(Cc1cccc(CNc2ccc(C(=N)N)cc2)n1)c1ccc(C(=N)N)cc1. The van der Waals surface area contributed by atoms with Crippen LogP contribution in [0, 0.1) is 10.8 Å². The van der Waals surface area contributed by atoms with Gasteiger partial charge in [-0.25, -0.2) is 0 Å². The van der Waals surface area contributed by atoms with Gasteiger partial charge in [-0.1, -0.05) is 6.07 Å². The second kappa shape index (κ2) is 8.88. The summed E-state index contributed by atoms with van der Waals surface area (Å²) in [5.41, 5.74) is 16.3. The van der Waals surface area contributed by atoms with Crippen molar-refractivity contribution < 1.29 is 0 Å². The minimum Gasteiger partial charge on any atom is -0.384 e. The number of nitrogen functional groups attached to an aromatic ring is 2. The summed E-state index contributed by atoms with van der Waals surface area (Å²) in [6.07, 6.45) is 0. The van der Waals surface area contributed by atoms with Gasteiger partial charge in [0.2, 0.25) is 0 Å². The number of nitrogens with zero attached hydrogens (tertiary/aromatic N) is 2. The van der Waals surface area contributed by atoms with Gasteiger partial charge in [0, 0.05) is 29.5 Å². The Morgan fingerprint density at radius 3 is 2.00 bits per heavy atom. The molecule has 29 heavy (non-hydrogen) atoms. The summed E-state index contributed by atoms with van der Waals surface area (Å²) in [6.45, 7) is 1.27. The topological polar surface area (TPSA) is 128 Å². The predicted octanol–water partition coefficient (Wildman–Crippen LogP) is 2.90. The Morgan fingerprint density at radius 1 is 0.862 bits per heavy atom. The molecule has 1 heterocycles. The third-order valence-corrected chi connectivity index (χ3v) is 4.55. The van der Waals surface area contributed by atoms with Crippen LogP contribution in [-0.4, -0.2) is 23.7 Å². The van der Waals surface area contributed by atoms with E-state index in [4.69, 9.17) is 27.3 Å². The summed E-state index contributed by atoms with van der Waals surface area (Å²) in [5, 5.41) is 18.3. The molecule has 0 spiro atoms. The molecule has 7 heteroatoms. The third kappa shape index (κ3) is 5.32. The summed E-state index contributed by atoms with van der Waals surface area (Å²) in [7, 11) is 2.01. The molecule has 3 rings (SSSR count). The number of anilines is 2. The van der Waals surface area contributed by atoms with E-state index in [2.05, 4.69) is 10.2 Å². The molecular formula is C22H25N7. The maximum atomic E-state index is 7.48. The number of pyridine rings is 1. The highest BCUT2D eigenvalue weighted by molar-refractivity contribution is 5.95. The normalized spacial score (nSPS) is 10.4. The van der Waals surface area contributed by atoms with Gasteiger partial charge in [-0.15, -0.1) is 0 Å². The highest BCUT2D eigenvalue weighted by Crippen LogP contribution is 2.16. The third-order valence-electron chi connectivity index (χ3n) is 4.55. The van der Waals surface area contributed by atoms with Crippen LogP contribution in [0.15, 0.2) is 66.7 Å². The van der Waals surface area contributed by atoms with Gasteiger partial charge in [0.05, 0.1) is 24.5 Å². The Labute approximate surface area is 170 Å². The number of hydrogen-bond acceptors (Lipinski definition) is 5. The van der Waals surface area contributed by atoms with E-state index in [1.165, 1.54) is 0 Å². The second-order valence-electron chi connectivity index (χ2n) is 6.78. The quantitative estimate of drug-likeness (QED) is 0.300. The Hall–Kier alpha value is -3.87. The maximum Gasteiger partial charge on any atom is 0.122 e. The lowest BCUT2D eigenvalue weighted by Gasteiger charge is -2.19. The molecular weight excluding hydrogens is 362 g/mol. The number of amidine groups is 2. The number of nitrogens with one attached hydrogen (secondary N) is 3. The zero-order chi connectivity index (χ0) is 20.8. The highest BCUT2D eigenvalue weighted by atomic mass is 15.1. The van der Waals surface area contributed by atoms with E-state index >= 15 is 0 Å². The molecule has 1 aromatic heterocycles. The molecule has 2 aromatic carbocycles. The van der Waals surface area contributed by atoms with Crippen molar-refractivity contribution in [3.8, 4) is 0 Å². The van der Waals surface area contributed by atoms with Gasteiger partial charge in [-0.05, 0) is 60.7 Å². The fourth-order valence-corrected chi connectivity index (χ4v) is 2.91. The van der Waals surface area contributed by atoms with Crippen molar-refractivity contribution in [1.82, 2.24) is 4.98 Å². The van der Waals surface area contributed by atoms with Crippen molar-refractivity contribution in [2.75, 3.05) is 17.3 Å². The molecule has 0 bridgehead atoms. The molecule has 0 radical (unpaired) electrons. The van der Waals surface area contributed by atoms with Crippen LogP contribution >= 0.6 is 0 Å². The Kier molecular flexibility index (Phi) is 6.09. The summed E-state index contributed by atoms with van der Waals surface area (Å²) in [5.74, 6) is 0.128. The molecule has 0 aliphatic heterocycles. The lowest BCUT2D eigenvalue weighted by molar-refractivity contribution is 0.866. The minimum absolute atomic E-state index is 0.0611. The van der Waals surface area contributed by atoms with Gasteiger partial charge in [-0.3, -0.25) is 15.8 Å². The Balaban J connectivity index is 1.61. The molecule has 0 amide bonds. The fraction of sp³-hybridized carbons (Fsp3) is 0.136. The van der Waals surface area contributed by atoms with E-state index in [-0.39, 0.29) is 11.7 Å². The Bertz CT molecular complexity index is 994. The molecule has 0 saturated carbocycles. The number of nitrogens with two attached hydrogens (primary N) is 2. The number of aromatic nitrogens is 1. The van der Waals surface area contributed by atoms with Crippen molar-refractivity contribution in [3.05, 3.63) is 89.2 Å². The van der Waals surface area contributed by atoms with Crippen LogP contribution in [0.1, 0.15) is 22.5 Å². The molecule has 148 valence electrons. The zero-order valence-electron chi connectivity index (χ0n) is 16.3. The molecule has 0 aliphatic rings. The smallest absolute Gasteiger partial charge is 0.122 e. The summed E-state index contributed by atoms with van der Waals surface area (Å²) < 4.78 is 0. The summed E-state index contributed by atoms with van der Waals surface area (Å²) in [4.78, 5) is 6.83. The van der Waals surface area contributed by atoms with Gasteiger partial charge in [0.25, 0.3) is 0 Å². The van der Waals surface area contributed by atoms with E-state index in [1.54, 1.807) is 0 Å². The number of rotatable bonds is 8. The highest BCUT2D eigenvalue weighted by Gasteiger charge is 2.06. The number of hydrogen-bond donors (Lipinski definition) is 5. The van der Waals surface area contributed by atoms with Gasteiger partial charge < -0.3 is 21.7 Å². The summed E-state index contributed by atoms with van der Waals surface area (Å²) in [6, 6.07) is 21.0. The molecule has 0 atom stereocenters. The second-order valence-corrected chi connectivity index (χ2v) is 6.78. The average Bonchev–Trinajstić information content (AvgIpc) is 2.73. The van der Waals surface area contributed by atoms with Crippen molar-refractivity contribution in [3.63, 3.8) is 0 Å². The lowest BCUT2D eigenvalue weighted by Crippen LogP contribution is -2.18. The van der Waals surface area contributed by atoms with Gasteiger partial charge in [0.15, 0.2) is 0 Å². The largest absolute Gasteiger partial charge is 0.384 e. The van der Waals surface area contributed by atoms with E-state index < -0.39 is 0 Å². The fourth-order valence-electron chi connectivity index (χ4n) is 2.91. The van der Waals surface area contributed by atoms with Crippen molar-refractivity contribution in [2.45, 2.75) is 13.1 Å². The van der Waals surface area contributed by atoms with Gasteiger partial charge >= 0.3 is 0 Å². The molecule has 7 N–H and O–H groups in total. The van der Waals surface area contributed by atoms with Crippen LogP contribution in [-0.2, 0) is 13.1 Å². The van der Waals surface area contributed by atoms with Crippen LogP contribution in [0.3, 0.4) is 0 Å². The first-order valence-electron chi connectivity index (χ1n) is 9.21. The van der Waals surface area contributed by atoms with Crippen LogP contribution in [0.25, 0.3) is 0 Å². The minimum atomic E-state index is 0.0611. The molecule has 0 saturated heterocycles. The number of benzene rings is 2. The van der Waals surface area contributed by atoms with Crippen molar-refractivity contribution >= 4 is 23.0 Å². The first-order valence-corrected chi connectivity index (χ1v) is 9.21. The monoisotopic (exact) mass is 387 g/mol. The van der Waals surface area contributed by atoms with Gasteiger partial charge in [0.1, 0.15) is 11.7 Å². The van der Waals surface area contributed by atoms with E-state index in [0.29, 0.717) is 24.2 Å². The van der Waals surface area contributed by atoms with E-state index in [9.17, 15) is 0 Å². The van der Waals surface area contributed by atoms with Crippen LogP contribution < -0.4 is 21.7 Å². The Morgan fingerprint density at radius 2 is 1.41 bits per heavy atom. The van der Waals surface area contributed by atoms with Crippen molar-refractivity contribution in [2.24, 2.45) is 11.5 Å². The predicted molar refractivity (Wildman–Crippen MR) is 119 cm³/mol. The van der Waals surface area contributed by atoms with Crippen LogP contribution in [0.5, 0.6) is 0 Å². The van der Waals surface area contributed by atoms with Crippen LogP contribution in [0.4, 0.5) is 11.4 Å². The molecule has 0 fully saturated rings. The van der Waals surface area contributed by atoms with Crippen molar-refractivity contribution in [1.29, 1.82) is 10.8 Å². The standard InChI is InChI=1S/C22H25N7/c1-29(20-11-7-16(8-12-20)22(25)26)14-19-4-2-3-18(28-19)13-27-17-9-5-15(6-10-17)21(23)24/h2-12,27H,13-14H2,1H3,(H3,23,24)(H3,25,26). The average molecular weight is 387 g/mol. The first-order chi connectivity index (χ1) is 13.9.